The molecule has 13 heteroatoms. The second-order valence-electron chi connectivity index (χ2n) is 12.9. The molecule has 12 nitrogen and oxygen atoms in total. The summed E-state index contributed by atoms with van der Waals surface area (Å²) < 4.78 is 37.5. The van der Waals surface area contributed by atoms with Gasteiger partial charge in [-0.15, -0.1) is 0 Å². The lowest BCUT2D eigenvalue weighted by atomic mass is 9.78. The van der Waals surface area contributed by atoms with Crippen LogP contribution >= 0.6 is 0 Å². The van der Waals surface area contributed by atoms with E-state index in [1.54, 1.807) is 21.6 Å². The van der Waals surface area contributed by atoms with Crippen LogP contribution in [0, 0.1) is 30.6 Å². The highest BCUT2D eigenvalue weighted by atomic mass is 32.2. The predicted molar refractivity (Wildman–Crippen MR) is 187 cm³/mol. The van der Waals surface area contributed by atoms with E-state index in [2.05, 4.69) is 26.1 Å². The van der Waals surface area contributed by atoms with Gasteiger partial charge in [0.15, 0.2) is 0 Å². The molecule has 1 fully saturated rings. The van der Waals surface area contributed by atoms with Crippen LogP contribution in [0.3, 0.4) is 0 Å². The number of nitriles is 1. The average molecular weight is 690 g/mol. The van der Waals surface area contributed by atoms with E-state index < -0.39 is 21.3 Å². The summed E-state index contributed by atoms with van der Waals surface area (Å²) in [4.78, 5) is 38.0. The third kappa shape index (κ3) is 6.25. The van der Waals surface area contributed by atoms with Gasteiger partial charge in [0.2, 0.25) is 11.8 Å². The number of likely N-dealkylation sites (tertiary alicyclic amines) is 1. The number of benzene rings is 3. The van der Waals surface area contributed by atoms with Crippen LogP contribution in [0.1, 0.15) is 44.8 Å². The van der Waals surface area contributed by atoms with Gasteiger partial charge in [0, 0.05) is 53.1 Å². The van der Waals surface area contributed by atoms with E-state index in [-0.39, 0.29) is 47.9 Å². The number of aryl methyl sites for hydroxylation is 2. The molecule has 1 saturated heterocycles. The number of rotatable bonds is 3. The maximum atomic E-state index is 13.9. The van der Waals surface area contributed by atoms with Crippen LogP contribution in [0.4, 0.5) is 5.95 Å². The molecule has 3 aromatic carbocycles. The zero-order chi connectivity index (χ0) is 35.0. The molecular weight excluding hydrogens is 655 g/mol. The quantitative estimate of drug-likeness (QED) is 0.265. The Kier molecular flexibility index (Phi) is 8.49. The number of para-hydroxylation sites is 1. The molecule has 0 aliphatic carbocycles. The number of amides is 2. The summed E-state index contributed by atoms with van der Waals surface area (Å²) in [7, 11) is -4.16. The summed E-state index contributed by atoms with van der Waals surface area (Å²) in [6.07, 6.45) is 1.01. The number of nitrogens with one attached hydrogen (secondary N) is 2. The van der Waals surface area contributed by atoms with Crippen LogP contribution in [0.2, 0.25) is 0 Å². The van der Waals surface area contributed by atoms with Crippen molar-refractivity contribution in [2.75, 3.05) is 31.0 Å². The Hall–Kier alpha value is -5.74. The van der Waals surface area contributed by atoms with Crippen LogP contribution in [0.5, 0.6) is 5.88 Å². The van der Waals surface area contributed by atoms with E-state index >= 15 is 0 Å². The lowest BCUT2D eigenvalue weighted by Gasteiger charge is -2.41. The van der Waals surface area contributed by atoms with Crippen LogP contribution < -0.4 is 14.8 Å². The van der Waals surface area contributed by atoms with Gasteiger partial charge in [0.05, 0.1) is 23.3 Å². The normalized spacial score (nSPS) is 16.8. The van der Waals surface area contributed by atoms with Gasteiger partial charge in [-0.05, 0) is 68.1 Å². The average Bonchev–Trinajstić information content (AvgIpc) is 3.47. The van der Waals surface area contributed by atoms with Crippen molar-refractivity contribution >= 4 is 38.7 Å². The van der Waals surface area contributed by atoms with E-state index in [0.29, 0.717) is 37.3 Å². The van der Waals surface area contributed by atoms with E-state index in [0.717, 1.165) is 27.6 Å². The Labute approximate surface area is 289 Å². The monoisotopic (exact) mass is 689 g/mol. The van der Waals surface area contributed by atoms with Crippen molar-refractivity contribution < 1.29 is 22.7 Å². The van der Waals surface area contributed by atoms with Crippen LogP contribution in [0.15, 0.2) is 83.8 Å². The van der Waals surface area contributed by atoms with Gasteiger partial charge in [0.1, 0.15) is 12.2 Å². The fourth-order valence-corrected chi connectivity index (χ4v) is 7.81. The number of hydrogen-bond donors (Lipinski definition) is 2. The highest BCUT2D eigenvalue weighted by molar-refractivity contribution is 7.92. The van der Waals surface area contributed by atoms with Crippen molar-refractivity contribution in [3.8, 4) is 23.2 Å². The fraction of sp³-hybridized carbons (Fsp3) is 0.270. The van der Waals surface area contributed by atoms with Crippen molar-refractivity contribution in [3.63, 3.8) is 0 Å². The third-order valence-electron chi connectivity index (χ3n) is 9.59. The largest absolute Gasteiger partial charge is 0.477 e. The number of aromatic nitrogens is 3. The number of hydrogen-bond acceptors (Lipinski definition) is 8. The SMILES string of the molecule is Cc1cccc(C)c1-c1cc2nc(n1)NS(=O)(=O)c1cccc(c1)C(=O)NCC1(CCN(C(=O)c3cc4ccccc4n3CC#N)CC1)CO2. The molecule has 2 amide bonds. The van der Waals surface area contributed by atoms with E-state index in [4.69, 9.17) is 4.74 Å². The molecular formula is C37H35N7O5S. The third-order valence-corrected chi connectivity index (χ3v) is 10.9. The minimum atomic E-state index is -4.16. The van der Waals surface area contributed by atoms with Gasteiger partial charge in [-0.25, -0.2) is 18.1 Å². The molecule has 254 valence electrons. The smallest absolute Gasteiger partial charge is 0.270 e. The molecule has 4 heterocycles. The summed E-state index contributed by atoms with van der Waals surface area (Å²) >= 11 is 0. The fourth-order valence-electron chi connectivity index (χ4n) is 6.82. The van der Waals surface area contributed by atoms with Crippen LogP contribution in [-0.4, -0.2) is 65.9 Å². The van der Waals surface area contributed by atoms with Crippen LogP contribution in [-0.2, 0) is 16.6 Å². The number of anilines is 1. The van der Waals surface area contributed by atoms with E-state index in [1.807, 2.05) is 62.4 Å². The Morgan fingerprint density at radius 1 is 0.980 bits per heavy atom. The van der Waals surface area contributed by atoms with Gasteiger partial charge in [-0.3, -0.25) is 9.59 Å². The summed E-state index contributed by atoms with van der Waals surface area (Å²) in [5.74, 6) is -0.578. The summed E-state index contributed by atoms with van der Waals surface area (Å²) in [5.41, 5.74) is 4.12. The first-order chi connectivity index (χ1) is 24.1. The lowest BCUT2D eigenvalue weighted by molar-refractivity contribution is 0.0389. The second-order valence-corrected chi connectivity index (χ2v) is 14.6. The predicted octanol–water partition coefficient (Wildman–Crippen LogP) is 5.08. The molecule has 0 atom stereocenters. The minimum Gasteiger partial charge on any atom is -0.477 e. The summed E-state index contributed by atoms with van der Waals surface area (Å²) in [6, 6.07) is 25.0. The first-order valence-electron chi connectivity index (χ1n) is 16.3. The standard InChI is InChI=1S/C37H35N7O5S/c1-24-7-5-8-25(2)33(24)29-21-32-41-36(40-29)42-50(47,48)28-11-6-10-27(19-28)34(45)39-22-37(23-49-32)13-16-43(17-14-37)35(46)31-20-26-9-3-4-12-30(26)44(31)18-15-38/h3-12,19-21H,13-14,16-18,22-23H2,1-2H3,(H,39,45)(H,40,41,42). The number of carbonyl (C=O) groups is 2. The number of sulfonamides is 1. The minimum absolute atomic E-state index is 0.0501. The van der Waals surface area contributed by atoms with Gasteiger partial charge in [-0.2, -0.15) is 10.2 Å². The number of nitrogens with zero attached hydrogens (tertiary/aromatic N) is 5. The first-order valence-corrected chi connectivity index (χ1v) is 17.8. The molecule has 2 aromatic heterocycles. The number of fused-ring (bicyclic) bond motifs is 5. The zero-order valence-corrected chi connectivity index (χ0v) is 28.5. The Morgan fingerprint density at radius 3 is 2.48 bits per heavy atom. The van der Waals surface area contributed by atoms with Crippen molar-refractivity contribution in [2.45, 2.75) is 38.1 Å². The maximum Gasteiger partial charge on any atom is 0.270 e. The zero-order valence-electron chi connectivity index (χ0n) is 27.6. The van der Waals surface area contributed by atoms with Gasteiger partial charge in [-0.1, -0.05) is 42.5 Å². The molecule has 7 rings (SSSR count). The van der Waals surface area contributed by atoms with Crippen molar-refractivity contribution in [1.82, 2.24) is 24.8 Å². The molecule has 0 saturated carbocycles. The first kappa shape index (κ1) is 32.8. The van der Waals surface area contributed by atoms with E-state index in [9.17, 15) is 23.3 Å². The Bertz CT molecular complexity index is 2280. The highest BCUT2D eigenvalue weighted by Crippen LogP contribution is 2.35. The van der Waals surface area contributed by atoms with Gasteiger partial charge < -0.3 is 19.5 Å². The lowest BCUT2D eigenvalue weighted by Crippen LogP contribution is -2.50. The van der Waals surface area contributed by atoms with Gasteiger partial charge in [0.25, 0.3) is 21.8 Å². The molecule has 50 heavy (non-hydrogen) atoms. The maximum absolute atomic E-state index is 13.9. The molecule has 2 aliphatic rings. The second kappa shape index (κ2) is 12.9. The van der Waals surface area contributed by atoms with Crippen molar-refractivity contribution in [1.29, 1.82) is 5.26 Å². The topological polar surface area (TPSA) is 159 Å². The number of ether oxygens (including phenoxy) is 1. The molecule has 0 unspecified atom stereocenters. The summed E-state index contributed by atoms with van der Waals surface area (Å²) in [5, 5.41) is 13.4. The molecule has 1 spiro atoms. The number of piperidine rings is 1. The van der Waals surface area contributed by atoms with E-state index in [1.165, 1.54) is 18.2 Å². The molecule has 2 N–H and O–H groups in total. The highest BCUT2D eigenvalue weighted by Gasteiger charge is 2.38. The summed E-state index contributed by atoms with van der Waals surface area (Å²) in [6.45, 7) is 5.11. The Balaban J connectivity index is 1.22. The molecule has 0 radical (unpaired) electrons. The van der Waals surface area contributed by atoms with Crippen molar-refractivity contribution in [3.05, 3.63) is 101 Å². The molecule has 5 aromatic rings. The molecule has 2 aliphatic heterocycles. The Morgan fingerprint density at radius 2 is 1.72 bits per heavy atom. The number of carbonyl (C=O) groups excluding carboxylic acids is 2. The van der Waals surface area contributed by atoms with Gasteiger partial charge >= 0.3 is 0 Å². The van der Waals surface area contributed by atoms with Crippen LogP contribution in [0.25, 0.3) is 22.2 Å². The molecule has 4 bridgehead atoms. The van der Waals surface area contributed by atoms with Crippen molar-refractivity contribution in [2.24, 2.45) is 5.41 Å².